The van der Waals surface area contributed by atoms with Crippen LogP contribution >= 0.6 is 0 Å². The molecular formula is C17H22N4O5S. The Morgan fingerprint density at radius 3 is 2.33 bits per heavy atom. The van der Waals surface area contributed by atoms with Crippen molar-refractivity contribution in [1.29, 1.82) is 5.26 Å². The Bertz CT molecular complexity index is 868. The molecule has 10 heteroatoms. The van der Waals surface area contributed by atoms with Gasteiger partial charge in [0.1, 0.15) is 11.6 Å². The predicted molar refractivity (Wildman–Crippen MR) is 99.9 cm³/mol. The van der Waals surface area contributed by atoms with E-state index < -0.39 is 15.9 Å². The molecule has 27 heavy (non-hydrogen) atoms. The molecule has 1 amide bonds. The summed E-state index contributed by atoms with van der Waals surface area (Å²) >= 11 is 0. The van der Waals surface area contributed by atoms with Gasteiger partial charge in [-0.2, -0.15) is 9.57 Å². The number of hydrogen-bond acceptors (Lipinski definition) is 7. The molecule has 9 nitrogen and oxygen atoms in total. The van der Waals surface area contributed by atoms with Crippen LogP contribution in [-0.4, -0.2) is 70.2 Å². The van der Waals surface area contributed by atoms with Gasteiger partial charge in [0, 0.05) is 44.1 Å². The number of nitrogens with one attached hydrogen (secondary N) is 1. The van der Waals surface area contributed by atoms with E-state index in [1.807, 2.05) is 6.07 Å². The molecule has 0 aliphatic carbocycles. The summed E-state index contributed by atoms with van der Waals surface area (Å²) in [5.74, 6) is 0.417. The first-order chi connectivity index (χ1) is 12.8. The summed E-state index contributed by atoms with van der Waals surface area (Å²) in [5.41, 5.74) is 0.387. The molecule has 1 aromatic rings. The number of methoxy groups -OCH3 is 2. The van der Waals surface area contributed by atoms with Crippen LogP contribution in [0, 0.1) is 11.3 Å². The summed E-state index contributed by atoms with van der Waals surface area (Å²) in [4.78, 5) is 14.1. The molecule has 0 bridgehead atoms. The van der Waals surface area contributed by atoms with E-state index in [0.29, 0.717) is 43.4 Å². The number of piperazine rings is 1. The summed E-state index contributed by atoms with van der Waals surface area (Å²) in [5, 5.41) is 12.0. The van der Waals surface area contributed by atoms with E-state index in [9.17, 15) is 18.5 Å². The van der Waals surface area contributed by atoms with E-state index in [2.05, 4.69) is 5.32 Å². The quantitative estimate of drug-likeness (QED) is 0.556. The summed E-state index contributed by atoms with van der Waals surface area (Å²) in [7, 11) is -0.237. The zero-order valence-electron chi connectivity index (χ0n) is 15.4. The summed E-state index contributed by atoms with van der Waals surface area (Å²) in [6.45, 7) is 1.43. The monoisotopic (exact) mass is 394 g/mol. The van der Waals surface area contributed by atoms with Crippen molar-refractivity contribution in [2.24, 2.45) is 0 Å². The molecule has 0 aromatic heterocycles. The molecule has 146 valence electrons. The number of ether oxygens (including phenoxy) is 2. The highest BCUT2D eigenvalue weighted by Gasteiger charge is 2.23. The van der Waals surface area contributed by atoms with Gasteiger partial charge in [0.2, 0.25) is 10.0 Å². The summed E-state index contributed by atoms with van der Waals surface area (Å²) < 4.78 is 34.8. The number of carbonyl (C=O) groups is 1. The zero-order valence-corrected chi connectivity index (χ0v) is 16.2. The van der Waals surface area contributed by atoms with E-state index in [-0.39, 0.29) is 5.57 Å². The smallest absolute Gasteiger partial charge is 0.267 e. The Kier molecular flexibility index (Phi) is 6.65. The van der Waals surface area contributed by atoms with E-state index in [0.717, 1.165) is 6.26 Å². The number of sulfonamides is 1. The number of benzene rings is 1. The molecule has 1 saturated heterocycles. The van der Waals surface area contributed by atoms with Crippen LogP contribution in [0.5, 0.6) is 11.5 Å². The van der Waals surface area contributed by atoms with Gasteiger partial charge in [-0.1, -0.05) is 0 Å². The van der Waals surface area contributed by atoms with Crippen molar-refractivity contribution in [3.05, 3.63) is 30.0 Å². The van der Waals surface area contributed by atoms with Crippen molar-refractivity contribution < 1.29 is 22.7 Å². The van der Waals surface area contributed by atoms with Crippen LogP contribution in [0.4, 0.5) is 5.69 Å². The largest absolute Gasteiger partial charge is 0.493 e. The average molecular weight is 394 g/mol. The van der Waals surface area contributed by atoms with Crippen molar-refractivity contribution in [1.82, 2.24) is 9.21 Å². The van der Waals surface area contributed by atoms with Crippen molar-refractivity contribution in [3.63, 3.8) is 0 Å². The lowest BCUT2D eigenvalue weighted by molar-refractivity contribution is -0.112. The number of nitrogens with zero attached hydrogens (tertiary/aromatic N) is 3. The van der Waals surface area contributed by atoms with E-state index in [1.165, 1.54) is 24.7 Å². The number of anilines is 1. The molecule has 0 unspecified atom stereocenters. The van der Waals surface area contributed by atoms with Crippen LogP contribution in [0.25, 0.3) is 0 Å². The Balaban J connectivity index is 2.06. The number of carbonyl (C=O) groups excluding carboxylic acids is 1. The SMILES string of the molecule is COc1ccc(NC(=O)/C(C#N)=C\N2CCN(S(C)(=O)=O)CC2)cc1OC. The highest BCUT2D eigenvalue weighted by Crippen LogP contribution is 2.29. The molecule has 1 heterocycles. The molecule has 0 spiro atoms. The van der Waals surface area contributed by atoms with E-state index in [1.54, 1.807) is 23.1 Å². The highest BCUT2D eigenvalue weighted by molar-refractivity contribution is 7.88. The number of amides is 1. The van der Waals surface area contributed by atoms with Crippen molar-refractivity contribution >= 4 is 21.6 Å². The minimum Gasteiger partial charge on any atom is -0.493 e. The molecule has 0 atom stereocenters. The highest BCUT2D eigenvalue weighted by atomic mass is 32.2. The van der Waals surface area contributed by atoms with Gasteiger partial charge < -0.3 is 19.7 Å². The number of nitriles is 1. The Hall–Kier alpha value is -2.77. The van der Waals surface area contributed by atoms with Crippen molar-refractivity contribution in [3.8, 4) is 17.6 Å². The topological polar surface area (TPSA) is 112 Å². The van der Waals surface area contributed by atoms with Crippen LogP contribution in [0.15, 0.2) is 30.0 Å². The Morgan fingerprint density at radius 1 is 1.19 bits per heavy atom. The first-order valence-electron chi connectivity index (χ1n) is 8.13. The van der Waals surface area contributed by atoms with Crippen LogP contribution in [0.3, 0.4) is 0 Å². The number of rotatable bonds is 6. The molecule has 1 fully saturated rings. The fraction of sp³-hybridized carbons (Fsp3) is 0.412. The fourth-order valence-electron chi connectivity index (χ4n) is 2.60. The molecule has 1 aliphatic rings. The number of hydrogen-bond donors (Lipinski definition) is 1. The lowest BCUT2D eigenvalue weighted by Gasteiger charge is -2.32. The second kappa shape index (κ2) is 8.75. The van der Waals surface area contributed by atoms with Gasteiger partial charge in [0.25, 0.3) is 5.91 Å². The van der Waals surface area contributed by atoms with E-state index in [4.69, 9.17) is 9.47 Å². The third-order valence-electron chi connectivity index (χ3n) is 4.06. The zero-order chi connectivity index (χ0) is 20.0. The third-order valence-corrected chi connectivity index (χ3v) is 5.36. The standard InChI is InChI=1S/C17H22N4O5S/c1-25-15-5-4-14(10-16(15)26-2)19-17(22)13(11-18)12-20-6-8-21(9-7-20)27(3,23)24/h4-5,10,12H,6-9H2,1-3H3,(H,19,22)/b13-12-. The normalized spacial score (nSPS) is 15.8. The lowest BCUT2D eigenvalue weighted by Crippen LogP contribution is -2.46. The Labute approximate surface area is 158 Å². The maximum absolute atomic E-state index is 12.4. The minimum absolute atomic E-state index is 0.0717. The molecule has 0 saturated carbocycles. The van der Waals surface area contributed by atoms with Crippen LogP contribution in [-0.2, 0) is 14.8 Å². The van der Waals surface area contributed by atoms with Gasteiger partial charge in [-0.15, -0.1) is 0 Å². The molecule has 1 N–H and O–H groups in total. The first-order valence-corrected chi connectivity index (χ1v) is 9.97. The van der Waals surface area contributed by atoms with Gasteiger partial charge in [-0.05, 0) is 12.1 Å². The predicted octanol–water partition coefficient (Wildman–Crippen LogP) is 0.627. The van der Waals surface area contributed by atoms with Gasteiger partial charge in [-0.3, -0.25) is 4.79 Å². The maximum atomic E-state index is 12.4. The lowest BCUT2D eigenvalue weighted by atomic mass is 10.2. The fourth-order valence-corrected chi connectivity index (χ4v) is 3.42. The molecule has 1 aromatic carbocycles. The summed E-state index contributed by atoms with van der Waals surface area (Å²) in [6.07, 6.45) is 2.62. The second-order valence-corrected chi connectivity index (χ2v) is 7.86. The van der Waals surface area contributed by atoms with Crippen LogP contribution in [0.2, 0.25) is 0 Å². The van der Waals surface area contributed by atoms with Crippen molar-refractivity contribution in [2.45, 2.75) is 0 Å². The van der Waals surface area contributed by atoms with Gasteiger partial charge >= 0.3 is 0 Å². The minimum atomic E-state index is -3.23. The first kappa shape index (κ1) is 20.5. The molecule has 1 aliphatic heterocycles. The van der Waals surface area contributed by atoms with E-state index >= 15 is 0 Å². The average Bonchev–Trinajstić information content (AvgIpc) is 2.65. The second-order valence-electron chi connectivity index (χ2n) is 5.88. The summed E-state index contributed by atoms with van der Waals surface area (Å²) in [6, 6.07) is 6.76. The van der Waals surface area contributed by atoms with Crippen LogP contribution < -0.4 is 14.8 Å². The maximum Gasteiger partial charge on any atom is 0.267 e. The molecular weight excluding hydrogens is 372 g/mol. The Morgan fingerprint density at radius 2 is 1.81 bits per heavy atom. The van der Waals surface area contributed by atoms with Crippen LogP contribution in [0.1, 0.15) is 0 Å². The van der Waals surface area contributed by atoms with Gasteiger partial charge in [-0.25, -0.2) is 8.42 Å². The molecule has 0 radical (unpaired) electrons. The third kappa shape index (κ3) is 5.35. The van der Waals surface area contributed by atoms with Gasteiger partial charge in [0.05, 0.1) is 20.5 Å². The molecule has 2 rings (SSSR count). The van der Waals surface area contributed by atoms with Gasteiger partial charge in [0.15, 0.2) is 11.5 Å². The van der Waals surface area contributed by atoms with Crippen molar-refractivity contribution in [2.75, 3.05) is 52.0 Å².